The van der Waals surface area contributed by atoms with E-state index >= 15 is 0 Å². The molecule has 0 aliphatic rings. The van der Waals surface area contributed by atoms with Gasteiger partial charge in [0.1, 0.15) is 18.0 Å². The molecule has 27 heavy (non-hydrogen) atoms. The van der Waals surface area contributed by atoms with Crippen molar-refractivity contribution in [3.63, 3.8) is 0 Å². The van der Waals surface area contributed by atoms with Gasteiger partial charge < -0.3 is 14.8 Å². The number of unbranched alkanes of at least 4 members (excludes halogenated alkanes) is 1. The molecule has 1 N–H and O–H groups in total. The van der Waals surface area contributed by atoms with E-state index in [2.05, 4.69) is 12.2 Å². The zero-order valence-electron chi connectivity index (χ0n) is 16.9. The number of nitrogens with one attached hydrogen (secondary N) is 1. The van der Waals surface area contributed by atoms with Gasteiger partial charge in [0, 0.05) is 12.3 Å². The summed E-state index contributed by atoms with van der Waals surface area (Å²) in [6, 6.07) is 15.8. The Balaban J connectivity index is 2.02. The molecule has 0 radical (unpaired) electrons. The minimum Gasteiger partial charge on any atom is -0.489 e. The summed E-state index contributed by atoms with van der Waals surface area (Å²) in [5.41, 5.74) is 2.06. The minimum absolute atomic E-state index is 0.102. The summed E-state index contributed by atoms with van der Waals surface area (Å²) < 4.78 is 11.7. The van der Waals surface area contributed by atoms with Crippen LogP contribution in [-0.2, 0) is 16.1 Å². The topological polar surface area (TPSA) is 47.6 Å². The van der Waals surface area contributed by atoms with Gasteiger partial charge in [-0.25, -0.2) is 0 Å². The third-order valence-electron chi connectivity index (χ3n) is 4.62. The average molecular weight is 370 g/mol. The molecule has 4 heteroatoms. The van der Waals surface area contributed by atoms with Gasteiger partial charge in [-0.15, -0.1) is 0 Å². The molecule has 0 spiro atoms. The van der Waals surface area contributed by atoms with Crippen molar-refractivity contribution in [3.8, 4) is 5.75 Å². The summed E-state index contributed by atoms with van der Waals surface area (Å²) in [5, 5.41) is 3.00. The van der Waals surface area contributed by atoms with E-state index in [1.54, 1.807) is 0 Å². The van der Waals surface area contributed by atoms with Crippen LogP contribution in [0, 0.1) is 6.92 Å². The van der Waals surface area contributed by atoms with Gasteiger partial charge in [0.25, 0.3) is 5.91 Å². The maximum atomic E-state index is 12.8. The van der Waals surface area contributed by atoms with E-state index in [-0.39, 0.29) is 5.91 Å². The fourth-order valence-corrected chi connectivity index (χ4v) is 2.97. The summed E-state index contributed by atoms with van der Waals surface area (Å²) in [4.78, 5) is 12.8. The van der Waals surface area contributed by atoms with Crippen molar-refractivity contribution in [2.75, 3.05) is 11.9 Å². The molecule has 0 saturated carbocycles. The summed E-state index contributed by atoms with van der Waals surface area (Å²) in [6.45, 7) is 8.91. The first kappa shape index (κ1) is 21.0. The monoisotopic (exact) mass is 369 g/mol. The first-order chi connectivity index (χ1) is 13.0. The Morgan fingerprint density at radius 2 is 1.85 bits per heavy atom. The number of carbonyl (C=O) groups excluding carboxylic acids is 1. The molecule has 0 aliphatic heterocycles. The minimum atomic E-state index is -0.804. The van der Waals surface area contributed by atoms with Gasteiger partial charge in [0.15, 0.2) is 0 Å². The molecule has 146 valence electrons. The Morgan fingerprint density at radius 1 is 1.11 bits per heavy atom. The Labute approximate surface area is 162 Å². The van der Waals surface area contributed by atoms with E-state index in [9.17, 15) is 4.79 Å². The van der Waals surface area contributed by atoms with Crippen LogP contribution in [0.15, 0.2) is 48.5 Å². The SMILES string of the molecule is CCCCC(C)(OCC)C(=O)Nc1ccc(OCc2ccccc2)c(C)c1. The normalized spacial score (nSPS) is 13.0. The maximum absolute atomic E-state index is 12.8. The highest BCUT2D eigenvalue weighted by Gasteiger charge is 2.33. The zero-order valence-corrected chi connectivity index (χ0v) is 16.9. The van der Waals surface area contributed by atoms with Gasteiger partial charge in [-0.2, -0.15) is 0 Å². The Bertz CT molecular complexity index is 730. The lowest BCUT2D eigenvalue weighted by Crippen LogP contribution is -2.42. The van der Waals surface area contributed by atoms with E-state index in [0.29, 0.717) is 19.6 Å². The third kappa shape index (κ3) is 6.10. The molecule has 2 aromatic rings. The number of amides is 1. The van der Waals surface area contributed by atoms with Crippen LogP contribution in [0.5, 0.6) is 5.75 Å². The quantitative estimate of drug-likeness (QED) is 0.602. The molecule has 0 heterocycles. The second-order valence-corrected chi connectivity index (χ2v) is 6.98. The van der Waals surface area contributed by atoms with Crippen LogP contribution in [-0.4, -0.2) is 18.1 Å². The van der Waals surface area contributed by atoms with E-state index in [4.69, 9.17) is 9.47 Å². The summed E-state index contributed by atoms with van der Waals surface area (Å²) in [5.74, 6) is 0.713. The van der Waals surface area contributed by atoms with Gasteiger partial charge in [-0.3, -0.25) is 4.79 Å². The predicted molar refractivity (Wildman–Crippen MR) is 110 cm³/mol. The van der Waals surface area contributed by atoms with Gasteiger partial charge in [0.2, 0.25) is 0 Å². The first-order valence-corrected chi connectivity index (χ1v) is 9.71. The lowest BCUT2D eigenvalue weighted by atomic mass is 9.97. The van der Waals surface area contributed by atoms with Crippen molar-refractivity contribution >= 4 is 11.6 Å². The summed E-state index contributed by atoms with van der Waals surface area (Å²) in [7, 11) is 0. The number of benzene rings is 2. The van der Waals surface area contributed by atoms with Gasteiger partial charge in [-0.05, 0) is 56.5 Å². The molecule has 1 atom stereocenters. The average Bonchev–Trinajstić information content (AvgIpc) is 2.67. The summed E-state index contributed by atoms with van der Waals surface area (Å²) >= 11 is 0. The molecule has 4 nitrogen and oxygen atoms in total. The second kappa shape index (κ2) is 10.1. The van der Waals surface area contributed by atoms with Crippen LogP contribution < -0.4 is 10.1 Å². The molecule has 0 aliphatic carbocycles. The van der Waals surface area contributed by atoms with Crippen molar-refractivity contribution in [3.05, 3.63) is 59.7 Å². The maximum Gasteiger partial charge on any atom is 0.256 e. The Morgan fingerprint density at radius 3 is 2.48 bits per heavy atom. The first-order valence-electron chi connectivity index (χ1n) is 9.71. The number of hydrogen-bond acceptors (Lipinski definition) is 3. The van der Waals surface area contributed by atoms with E-state index < -0.39 is 5.60 Å². The summed E-state index contributed by atoms with van der Waals surface area (Å²) in [6.07, 6.45) is 2.69. The molecule has 2 aromatic carbocycles. The Kier molecular flexibility index (Phi) is 7.86. The molecule has 0 fully saturated rings. The number of hydrogen-bond donors (Lipinski definition) is 1. The largest absolute Gasteiger partial charge is 0.489 e. The molecule has 0 aromatic heterocycles. The lowest BCUT2D eigenvalue weighted by molar-refractivity contribution is -0.139. The molecular formula is C23H31NO3. The third-order valence-corrected chi connectivity index (χ3v) is 4.62. The smallest absolute Gasteiger partial charge is 0.256 e. The number of aryl methyl sites for hydroxylation is 1. The van der Waals surface area contributed by atoms with E-state index in [1.807, 2.05) is 69.3 Å². The molecule has 0 saturated heterocycles. The van der Waals surface area contributed by atoms with Gasteiger partial charge in [0.05, 0.1) is 0 Å². The number of anilines is 1. The van der Waals surface area contributed by atoms with E-state index in [1.165, 1.54) is 0 Å². The van der Waals surface area contributed by atoms with Crippen LogP contribution in [0.25, 0.3) is 0 Å². The van der Waals surface area contributed by atoms with Crippen LogP contribution in [0.2, 0.25) is 0 Å². The second-order valence-electron chi connectivity index (χ2n) is 6.98. The highest BCUT2D eigenvalue weighted by molar-refractivity contribution is 5.97. The predicted octanol–water partition coefficient (Wildman–Crippen LogP) is 5.50. The van der Waals surface area contributed by atoms with E-state index in [0.717, 1.165) is 35.4 Å². The fraction of sp³-hybridized carbons (Fsp3) is 0.435. The van der Waals surface area contributed by atoms with Crippen molar-refractivity contribution in [2.45, 2.75) is 59.2 Å². The molecule has 1 unspecified atom stereocenters. The fourth-order valence-electron chi connectivity index (χ4n) is 2.97. The number of ether oxygens (including phenoxy) is 2. The van der Waals surface area contributed by atoms with Crippen molar-refractivity contribution in [2.24, 2.45) is 0 Å². The highest BCUT2D eigenvalue weighted by Crippen LogP contribution is 2.26. The molecule has 1 amide bonds. The standard InChI is InChI=1S/C23H31NO3/c1-5-7-15-23(4,27-6-2)22(25)24-20-13-14-21(18(3)16-20)26-17-19-11-9-8-10-12-19/h8-14,16H,5-7,15,17H2,1-4H3,(H,24,25). The van der Waals surface area contributed by atoms with Crippen LogP contribution in [0.1, 0.15) is 51.2 Å². The highest BCUT2D eigenvalue weighted by atomic mass is 16.5. The van der Waals surface area contributed by atoms with Gasteiger partial charge in [-0.1, -0.05) is 50.1 Å². The van der Waals surface area contributed by atoms with Crippen molar-refractivity contribution < 1.29 is 14.3 Å². The molecule has 2 rings (SSSR count). The lowest BCUT2D eigenvalue weighted by Gasteiger charge is -2.28. The van der Waals surface area contributed by atoms with Gasteiger partial charge >= 0.3 is 0 Å². The van der Waals surface area contributed by atoms with Crippen LogP contribution in [0.3, 0.4) is 0 Å². The molecular weight excluding hydrogens is 338 g/mol. The zero-order chi connectivity index (χ0) is 19.7. The van der Waals surface area contributed by atoms with Crippen molar-refractivity contribution in [1.82, 2.24) is 0 Å². The number of rotatable bonds is 10. The number of carbonyl (C=O) groups is 1. The van der Waals surface area contributed by atoms with Crippen LogP contribution in [0.4, 0.5) is 5.69 Å². The Hall–Kier alpha value is -2.33. The van der Waals surface area contributed by atoms with Crippen LogP contribution >= 0.6 is 0 Å². The molecule has 0 bridgehead atoms. The van der Waals surface area contributed by atoms with Crippen molar-refractivity contribution in [1.29, 1.82) is 0 Å².